The standard InChI is InChI=1S/C22H30N2O2/c1-3-23(4-2)21-11-7-19(8-12-21)5-6-20-9-13-22(14-10-20)24(15-17-25)16-18-26/h5-14,25-26H,3-4,15-18H2,1-2H3. The Hall–Kier alpha value is -2.30. The first-order valence-electron chi connectivity index (χ1n) is 9.31. The van der Waals surface area contributed by atoms with E-state index in [0.29, 0.717) is 13.1 Å². The van der Waals surface area contributed by atoms with Crippen LogP contribution in [0.5, 0.6) is 0 Å². The number of nitrogens with zero attached hydrogens (tertiary/aromatic N) is 2. The highest BCUT2D eigenvalue weighted by atomic mass is 16.3. The molecule has 0 spiro atoms. The highest BCUT2D eigenvalue weighted by molar-refractivity contribution is 5.71. The van der Waals surface area contributed by atoms with Gasteiger partial charge in [-0.05, 0) is 49.2 Å². The lowest BCUT2D eigenvalue weighted by Crippen LogP contribution is -2.29. The number of aliphatic hydroxyl groups excluding tert-OH is 2. The van der Waals surface area contributed by atoms with Crippen molar-refractivity contribution >= 4 is 23.5 Å². The molecule has 0 saturated heterocycles. The van der Waals surface area contributed by atoms with Gasteiger partial charge in [0.25, 0.3) is 0 Å². The molecule has 0 heterocycles. The van der Waals surface area contributed by atoms with Gasteiger partial charge < -0.3 is 20.0 Å². The molecule has 4 heteroatoms. The summed E-state index contributed by atoms with van der Waals surface area (Å²) in [5.74, 6) is 0. The topological polar surface area (TPSA) is 46.9 Å². The van der Waals surface area contributed by atoms with Gasteiger partial charge in [0.2, 0.25) is 0 Å². The lowest BCUT2D eigenvalue weighted by molar-refractivity contribution is 0.281. The minimum atomic E-state index is 0.0745. The summed E-state index contributed by atoms with van der Waals surface area (Å²) in [6, 6.07) is 16.8. The molecule has 2 aromatic rings. The van der Waals surface area contributed by atoms with Gasteiger partial charge >= 0.3 is 0 Å². The van der Waals surface area contributed by atoms with Crippen LogP contribution >= 0.6 is 0 Å². The van der Waals surface area contributed by atoms with E-state index in [0.717, 1.165) is 24.3 Å². The monoisotopic (exact) mass is 354 g/mol. The second-order valence-corrected chi connectivity index (χ2v) is 6.12. The Kier molecular flexibility index (Phi) is 8.19. The Balaban J connectivity index is 2.03. The summed E-state index contributed by atoms with van der Waals surface area (Å²) in [6.45, 7) is 7.56. The third kappa shape index (κ3) is 5.61. The summed E-state index contributed by atoms with van der Waals surface area (Å²) in [5, 5.41) is 18.3. The van der Waals surface area contributed by atoms with Crippen LogP contribution < -0.4 is 9.80 Å². The van der Waals surface area contributed by atoms with Gasteiger partial charge in [0.1, 0.15) is 0 Å². The molecule has 2 N–H and O–H groups in total. The first kappa shape index (κ1) is 20.0. The fraction of sp³-hybridized carbons (Fsp3) is 0.364. The fourth-order valence-electron chi connectivity index (χ4n) is 2.99. The fourth-order valence-corrected chi connectivity index (χ4v) is 2.99. The van der Waals surface area contributed by atoms with Gasteiger partial charge in [-0.25, -0.2) is 0 Å². The normalized spacial score (nSPS) is 11.1. The summed E-state index contributed by atoms with van der Waals surface area (Å²) in [7, 11) is 0. The summed E-state index contributed by atoms with van der Waals surface area (Å²) in [6.07, 6.45) is 4.21. The maximum atomic E-state index is 9.14. The molecule has 0 amide bonds. The van der Waals surface area contributed by atoms with Crippen molar-refractivity contribution in [3.63, 3.8) is 0 Å². The van der Waals surface area contributed by atoms with Crippen molar-refractivity contribution in [2.75, 3.05) is 49.2 Å². The maximum absolute atomic E-state index is 9.14. The second kappa shape index (κ2) is 10.6. The summed E-state index contributed by atoms with van der Waals surface area (Å²) in [5.41, 5.74) is 4.56. The van der Waals surface area contributed by atoms with Crippen molar-refractivity contribution in [1.82, 2.24) is 0 Å². The average molecular weight is 354 g/mol. The zero-order valence-electron chi connectivity index (χ0n) is 15.8. The van der Waals surface area contributed by atoms with Crippen molar-refractivity contribution in [1.29, 1.82) is 0 Å². The van der Waals surface area contributed by atoms with Crippen LogP contribution in [-0.4, -0.2) is 49.6 Å². The van der Waals surface area contributed by atoms with Gasteiger partial charge in [-0.3, -0.25) is 0 Å². The Labute approximate surface area is 157 Å². The molecule has 0 aromatic heterocycles. The van der Waals surface area contributed by atoms with E-state index in [1.807, 2.05) is 17.0 Å². The van der Waals surface area contributed by atoms with Crippen LogP contribution in [0.1, 0.15) is 25.0 Å². The molecular formula is C22H30N2O2. The molecule has 4 nitrogen and oxygen atoms in total. The molecule has 0 aliphatic heterocycles. The average Bonchev–Trinajstić information content (AvgIpc) is 2.68. The Morgan fingerprint density at radius 1 is 0.654 bits per heavy atom. The van der Waals surface area contributed by atoms with E-state index in [1.54, 1.807) is 0 Å². The number of hydrogen-bond donors (Lipinski definition) is 2. The highest BCUT2D eigenvalue weighted by Crippen LogP contribution is 2.18. The first-order chi connectivity index (χ1) is 12.7. The zero-order chi connectivity index (χ0) is 18.8. The zero-order valence-corrected chi connectivity index (χ0v) is 15.8. The molecule has 0 saturated carbocycles. The molecule has 0 unspecified atom stereocenters. The number of benzene rings is 2. The molecule has 2 aromatic carbocycles. The van der Waals surface area contributed by atoms with Crippen molar-refractivity contribution in [2.45, 2.75) is 13.8 Å². The molecule has 0 bridgehead atoms. The predicted molar refractivity (Wildman–Crippen MR) is 112 cm³/mol. The molecule has 140 valence electrons. The second-order valence-electron chi connectivity index (χ2n) is 6.12. The van der Waals surface area contributed by atoms with Gasteiger partial charge in [-0.1, -0.05) is 36.4 Å². The maximum Gasteiger partial charge on any atom is 0.0606 e. The van der Waals surface area contributed by atoms with Crippen LogP contribution in [0.15, 0.2) is 48.5 Å². The van der Waals surface area contributed by atoms with E-state index in [9.17, 15) is 0 Å². The van der Waals surface area contributed by atoms with Gasteiger partial charge in [0.15, 0.2) is 0 Å². The van der Waals surface area contributed by atoms with Gasteiger partial charge in [0, 0.05) is 37.6 Å². The van der Waals surface area contributed by atoms with Crippen LogP contribution in [0.4, 0.5) is 11.4 Å². The van der Waals surface area contributed by atoms with E-state index in [4.69, 9.17) is 10.2 Å². The van der Waals surface area contributed by atoms with Gasteiger partial charge in [-0.15, -0.1) is 0 Å². The SMILES string of the molecule is CCN(CC)c1ccc(C=Cc2ccc(N(CCO)CCO)cc2)cc1. The molecule has 0 radical (unpaired) electrons. The summed E-state index contributed by atoms with van der Waals surface area (Å²) < 4.78 is 0. The molecular weight excluding hydrogens is 324 g/mol. The number of rotatable bonds is 10. The Morgan fingerprint density at radius 3 is 1.38 bits per heavy atom. The molecule has 0 aliphatic carbocycles. The number of hydrogen-bond acceptors (Lipinski definition) is 4. The van der Waals surface area contributed by atoms with Crippen molar-refractivity contribution in [3.05, 3.63) is 59.7 Å². The lowest BCUT2D eigenvalue weighted by atomic mass is 10.1. The lowest BCUT2D eigenvalue weighted by Gasteiger charge is -2.22. The molecule has 0 aliphatic rings. The van der Waals surface area contributed by atoms with Gasteiger partial charge in [0.05, 0.1) is 13.2 Å². The van der Waals surface area contributed by atoms with Gasteiger partial charge in [-0.2, -0.15) is 0 Å². The smallest absolute Gasteiger partial charge is 0.0606 e. The Morgan fingerprint density at radius 2 is 1.04 bits per heavy atom. The molecule has 26 heavy (non-hydrogen) atoms. The van der Waals surface area contributed by atoms with E-state index < -0.39 is 0 Å². The molecule has 2 rings (SSSR count). The van der Waals surface area contributed by atoms with Crippen LogP contribution in [0, 0.1) is 0 Å². The van der Waals surface area contributed by atoms with Crippen LogP contribution in [0.3, 0.4) is 0 Å². The quantitative estimate of drug-likeness (QED) is 0.641. The molecule has 0 fully saturated rings. The number of anilines is 2. The first-order valence-corrected chi connectivity index (χ1v) is 9.31. The van der Waals surface area contributed by atoms with E-state index in [-0.39, 0.29) is 13.2 Å². The summed E-state index contributed by atoms with van der Waals surface area (Å²) in [4.78, 5) is 4.30. The summed E-state index contributed by atoms with van der Waals surface area (Å²) >= 11 is 0. The predicted octanol–water partition coefficient (Wildman–Crippen LogP) is 3.49. The van der Waals surface area contributed by atoms with Crippen molar-refractivity contribution in [3.8, 4) is 0 Å². The largest absolute Gasteiger partial charge is 0.395 e. The minimum Gasteiger partial charge on any atom is -0.395 e. The van der Waals surface area contributed by atoms with Crippen LogP contribution in [-0.2, 0) is 0 Å². The molecule has 0 atom stereocenters. The third-order valence-corrected chi connectivity index (χ3v) is 4.49. The minimum absolute atomic E-state index is 0.0745. The van der Waals surface area contributed by atoms with E-state index in [2.05, 4.69) is 67.3 Å². The number of aliphatic hydroxyl groups is 2. The van der Waals surface area contributed by atoms with Crippen molar-refractivity contribution < 1.29 is 10.2 Å². The van der Waals surface area contributed by atoms with Crippen LogP contribution in [0.25, 0.3) is 12.2 Å². The van der Waals surface area contributed by atoms with E-state index >= 15 is 0 Å². The highest BCUT2D eigenvalue weighted by Gasteiger charge is 2.04. The van der Waals surface area contributed by atoms with Crippen LogP contribution in [0.2, 0.25) is 0 Å². The third-order valence-electron chi connectivity index (χ3n) is 4.49. The van der Waals surface area contributed by atoms with Crippen molar-refractivity contribution in [2.24, 2.45) is 0 Å². The Bertz CT molecular complexity index is 656. The van der Waals surface area contributed by atoms with E-state index in [1.165, 1.54) is 11.3 Å².